The van der Waals surface area contributed by atoms with Crippen molar-refractivity contribution >= 4 is 0 Å². The second kappa shape index (κ2) is 4.60. The second-order valence-corrected chi connectivity index (χ2v) is 7.24. The van der Waals surface area contributed by atoms with Gasteiger partial charge >= 0.3 is 0 Å². The molecule has 0 saturated carbocycles. The SMILES string of the molecule is CC1(C)CC(C(C)(O)Cc2ccccc2)C(C)(C)O1. The van der Waals surface area contributed by atoms with E-state index in [1.54, 1.807) is 0 Å². The lowest BCUT2D eigenvalue weighted by Crippen LogP contribution is -2.46. The zero-order valence-electron chi connectivity index (χ0n) is 12.7. The predicted molar refractivity (Wildman–Crippen MR) is 78.1 cm³/mol. The summed E-state index contributed by atoms with van der Waals surface area (Å²) < 4.78 is 6.11. The molecular formula is C17H26O2. The summed E-state index contributed by atoms with van der Waals surface area (Å²) in [6, 6.07) is 10.2. The van der Waals surface area contributed by atoms with Gasteiger partial charge in [-0.2, -0.15) is 0 Å². The first kappa shape index (κ1) is 14.5. The summed E-state index contributed by atoms with van der Waals surface area (Å²) in [6.45, 7) is 10.3. The normalized spacial score (nSPS) is 28.0. The predicted octanol–water partition coefficient (Wildman–Crippen LogP) is 3.57. The third-order valence-electron chi connectivity index (χ3n) is 4.23. The maximum Gasteiger partial charge on any atom is 0.0716 e. The van der Waals surface area contributed by atoms with E-state index >= 15 is 0 Å². The summed E-state index contributed by atoms with van der Waals surface area (Å²) in [5, 5.41) is 11.0. The van der Waals surface area contributed by atoms with Gasteiger partial charge in [-0.15, -0.1) is 0 Å². The van der Waals surface area contributed by atoms with Crippen molar-refractivity contribution in [3.8, 4) is 0 Å². The van der Waals surface area contributed by atoms with Crippen molar-refractivity contribution in [3.05, 3.63) is 35.9 Å². The van der Waals surface area contributed by atoms with Crippen LogP contribution in [0.5, 0.6) is 0 Å². The molecule has 0 amide bonds. The Morgan fingerprint density at radius 1 is 1.21 bits per heavy atom. The van der Waals surface area contributed by atoms with E-state index in [2.05, 4.69) is 39.8 Å². The van der Waals surface area contributed by atoms with E-state index in [4.69, 9.17) is 4.74 Å². The number of hydrogen-bond donors (Lipinski definition) is 1. The van der Waals surface area contributed by atoms with E-state index in [0.717, 1.165) is 6.42 Å². The number of ether oxygens (including phenoxy) is 1. The van der Waals surface area contributed by atoms with Gasteiger partial charge in [0.05, 0.1) is 16.8 Å². The topological polar surface area (TPSA) is 29.5 Å². The van der Waals surface area contributed by atoms with E-state index in [1.165, 1.54) is 5.56 Å². The molecule has 1 saturated heterocycles. The fraction of sp³-hybridized carbons (Fsp3) is 0.647. The van der Waals surface area contributed by atoms with Crippen molar-refractivity contribution < 1.29 is 9.84 Å². The first-order chi connectivity index (χ1) is 8.62. The van der Waals surface area contributed by atoms with Gasteiger partial charge in [0.15, 0.2) is 0 Å². The molecule has 1 aliphatic heterocycles. The molecule has 2 unspecified atom stereocenters. The van der Waals surface area contributed by atoms with Crippen LogP contribution in [0.25, 0.3) is 0 Å². The van der Waals surface area contributed by atoms with Gasteiger partial charge in [0.25, 0.3) is 0 Å². The molecule has 1 fully saturated rings. The monoisotopic (exact) mass is 262 g/mol. The van der Waals surface area contributed by atoms with E-state index < -0.39 is 5.60 Å². The van der Waals surface area contributed by atoms with Crippen molar-refractivity contribution in [2.75, 3.05) is 0 Å². The molecule has 2 rings (SSSR count). The molecule has 0 aromatic heterocycles. The van der Waals surface area contributed by atoms with E-state index in [9.17, 15) is 5.11 Å². The van der Waals surface area contributed by atoms with E-state index in [-0.39, 0.29) is 17.1 Å². The van der Waals surface area contributed by atoms with Crippen LogP contribution < -0.4 is 0 Å². The molecule has 2 atom stereocenters. The first-order valence-corrected chi connectivity index (χ1v) is 7.09. The zero-order chi connectivity index (χ0) is 14.3. The maximum absolute atomic E-state index is 11.0. The Morgan fingerprint density at radius 3 is 2.26 bits per heavy atom. The van der Waals surface area contributed by atoms with Crippen molar-refractivity contribution in [3.63, 3.8) is 0 Å². The number of aliphatic hydroxyl groups is 1. The molecule has 1 N–H and O–H groups in total. The first-order valence-electron chi connectivity index (χ1n) is 7.09. The maximum atomic E-state index is 11.0. The van der Waals surface area contributed by atoms with E-state index in [1.807, 2.05) is 25.1 Å². The molecule has 1 aromatic rings. The summed E-state index contributed by atoms with van der Waals surface area (Å²) in [5.74, 6) is 0.134. The lowest BCUT2D eigenvalue weighted by atomic mass is 9.73. The van der Waals surface area contributed by atoms with Gasteiger partial charge < -0.3 is 9.84 Å². The minimum absolute atomic E-state index is 0.134. The highest BCUT2D eigenvalue weighted by atomic mass is 16.5. The Morgan fingerprint density at radius 2 is 1.79 bits per heavy atom. The Balaban J connectivity index is 2.20. The van der Waals surface area contributed by atoms with Gasteiger partial charge in [0.1, 0.15) is 0 Å². The molecule has 0 radical (unpaired) electrons. The van der Waals surface area contributed by atoms with Crippen LogP contribution in [0, 0.1) is 5.92 Å². The molecular weight excluding hydrogens is 236 g/mol. The fourth-order valence-corrected chi connectivity index (χ4v) is 3.66. The number of benzene rings is 1. The summed E-state index contributed by atoms with van der Waals surface area (Å²) in [7, 11) is 0. The quantitative estimate of drug-likeness (QED) is 0.902. The summed E-state index contributed by atoms with van der Waals surface area (Å²) in [5.41, 5.74) is -0.0251. The summed E-state index contributed by atoms with van der Waals surface area (Å²) >= 11 is 0. The van der Waals surface area contributed by atoms with Crippen molar-refractivity contribution in [2.45, 2.75) is 64.3 Å². The average Bonchev–Trinajstić information content (AvgIpc) is 2.48. The Labute approximate surface area is 116 Å². The largest absolute Gasteiger partial charge is 0.389 e. The van der Waals surface area contributed by atoms with Crippen LogP contribution in [0.4, 0.5) is 0 Å². The van der Waals surface area contributed by atoms with Crippen LogP contribution in [0.2, 0.25) is 0 Å². The van der Waals surface area contributed by atoms with Crippen LogP contribution in [0.3, 0.4) is 0 Å². The molecule has 106 valence electrons. The van der Waals surface area contributed by atoms with E-state index in [0.29, 0.717) is 6.42 Å². The lowest BCUT2D eigenvalue weighted by Gasteiger charge is -2.37. The van der Waals surface area contributed by atoms with Gasteiger partial charge in [-0.25, -0.2) is 0 Å². The fourth-order valence-electron chi connectivity index (χ4n) is 3.66. The average molecular weight is 262 g/mol. The standard InChI is InChI=1S/C17H26O2/c1-15(2)12-14(16(3,4)19-15)17(5,18)11-13-9-7-6-8-10-13/h6-10,14,18H,11-12H2,1-5H3. The molecule has 0 spiro atoms. The van der Waals surface area contributed by atoms with Crippen LogP contribution in [0.15, 0.2) is 30.3 Å². The highest BCUT2D eigenvalue weighted by Gasteiger charge is 2.52. The highest BCUT2D eigenvalue weighted by molar-refractivity contribution is 5.18. The van der Waals surface area contributed by atoms with Crippen molar-refractivity contribution in [2.24, 2.45) is 5.92 Å². The molecule has 19 heavy (non-hydrogen) atoms. The second-order valence-electron chi connectivity index (χ2n) is 7.24. The number of rotatable bonds is 3. The van der Waals surface area contributed by atoms with Crippen LogP contribution in [0.1, 0.15) is 46.6 Å². The van der Waals surface area contributed by atoms with Gasteiger partial charge in [-0.1, -0.05) is 30.3 Å². The lowest BCUT2D eigenvalue weighted by molar-refractivity contribution is -0.108. The molecule has 2 nitrogen and oxygen atoms in total. The van der Waals surface area contributed by atoms with Crippen LogP contribution >= 0.6 is 0 Å². The zero-order valence-corrected chi connectivity index (χ0v) is 12.7. The Hall–Kier alpha value is -0.860. The Kier molecular flexibility index (Phi) is 3.53. The molecule has 0 bridgehead atoms. The molecule has 1 aromatic carbocycles. The smallest absolute Gasteiger partial charge is 0.0716 e. The van der Waals surface area contributed by atoms with Gasteiger partial charge in [-0.3, -0.25) is 0 Å². The van der Waals surface area contributed by atoms with Gasteiger partial charge in [0, 0.05) is 12.3 Å². The summed E-state index contributed by atoms with van der Waals surface area (Å²) in [6.07, 6.45) is 1.56. The van der Waals surface area contributed by atoms with Crippen molar-refractivity contribution in [1.29, 1.82) is 0 Å². The summed E-state index contributed by atoms with van der Waals surface area (Å²) in [4.78, 5) is 0. The highest BCUT2D eigenvalue weighted by Crippen LogP contribution is 2.47. The third kappa shape index (κ3) is 3.18. The minimum Gasteiger partial charge on any atom is -0.389 e. The molecule has 0 aliphatic carbocycles. The van der Waals surface area contributed by atoms with Gasteiger partial charge in [-0.05, 0) is 46.6 Å². The van der Waals surface area contributed by atoms with Crippen LogP contribution in [-0.4, -0.2) is 21.9 Å². The molecule has 1 aliphatic rings. The molecule has 2 heteroatoms. The van der Waals surface area contributed by atoms with Crippen LogP contribution in [-0.2, 0) is 11.2 Å². The Bertz CT molecular complexity index is 432. The third-order valence-corrected chi connectivity index (χ3v) is 4.23. The van der Waals surface area contributed by atoms with Crippen molar-refractivity contribution in [1.82, 2.24) is 0 Å². The number of hydrogen-bond acceptors (Lipinski definition) is 2. The minimum atomic E-state index is -0.751. The van der Waals surface area contributed by atoms with Gasteiger partial charge in [0.2, 0.25) is 0 Å². The molecule has 1 heterocycles.